The molecule has 3 rings (SSSR count). The number of carbonyl (C=O) groups is 3. The summed E-state index contributed by atoms with van der Waals surface area (Å²) < 4.78 is 5.51. The monoisotopic (exact) mass is 444 g/mol. The van der Waals surface area contributed by atoms with Gasteiger partial charge < -0.3 is 15.4 Å². The van der Waals surface area contributed by atoms with Crippen LogP contribution in [0, 0.1) is 6.92 Å². The number of amides is 3. The zero-order valence-electron chi connectivity index (χ0n) is 18.1. The van der Waals surface area contributed by atoms with Gasteiger partial charge >= 0.3 is 11.8 Å². The number of anilines is 1. The summed E-state index contributed by atoms with van der Waals surface area (Å²) in [6, 6.07) is 23.5. The van der Waals surface area contributed by atoms with Gasteiger partial charge in [-0.15, -0.1) is 0 Å². The number of nitrogens with zero attached hydrogens (tertiary/aromatic N) is 1. The van der Waals surface area contributed by atoms with Gasteiger partial charge in [-0.3, -0.25) is 14.4 Å². The molecule has 168 valence electrons. The summed E-state index contributed by atoms with van der Waals surface area (Å²) in [6.45, 7) is 2.17. The Balaban J connectivity index is 1.44. The normalized spacial score (nSPS) is 10.5. The highest BCUT2D eigenvalue weighted by Gasteiger charge is 2.12. The second-order valence-corrected chi connectivity index (χ2v) is 7.15. The Morgan fingerprint density at radius 2 is 1.70 bits per heavy atom. The van der Waals surface area contributed by atoms with Crippen LogP contribution in [0.4, 0.5) is 5.69 Å². The van der Waals surface area contributed by atoms with Gasteiger partial charge in [-0.25, -0.2) is 5.43 Å². The number of nitrogens with one attached hydrogen (secondary N) is 3. The molecule has 8 nitrogen and oxygen atoms in total. The summed E-state index contributed by atoms with van der Waals surface area (Å²) in [7, 11) is 0. The molecule has 0 atom stereocenters. The van der Waals surface area contributed by atoms with Crippen molar-refractivity contribution in [3.8, 4) is 5.75 Å². The molecule has 0 saturated heterocycles. The van der Waals surface area contributed by atoms with E-state index in [-0.39, 0.29) is 12.5 Å². The predicted molar refractivity (Wildman–Crippen MR) is 126 cm³/mol. The second kappa shape index (κ2) is 11.8. The molecule has 0 heterocycles. The van der Waals surface area contributed by atoms with Crippen LogP contribution in [0.3, 0.4) is 0 Å². The van der Waals surface area contributed by atoms with Crippen LogP contribution < -0.4 is 20.8 Å². The summed E-state index contributed by atoms with van der Waals surface area (Å²) in [5.74, 6) is -1.49. The van der Waals surface area contributed by atoms with Crippen LogP contribution in [0.1, 0.15) is 16.7 Å². The summed E-state index contributed by atoms with van der Waals surface area (Å²) in [5.41, 5.74) is 5.29. The van der Waals surface area contributed by atoms with Crippen LogP contribution >= 0.6 is 0 Å². The van der Waals surface area contributed by atoms with Crippen LogP contribution in [0.25, 0.3) is 0 Å². The molecule has 3 amide bonds. The minimum atomic E-state index is -0.893. The van der Waals surface area contributed by atoms with E-state index in [1.165, 1.54) is 6.21 Å². The van der Waals surface area contributed by atoms with E-state index in [4.69, 9.17) is 4.74 Å². The molecule has 0 aliphatic carbocycles. The van der Waals surface area contributed by atoms with E-state index in [0.29, 0.717) is 23.5 Å². The molecule has 3 N–H and O–H groups in total. The third-order valence-electron chi connectivity index (χ3n) is 4.42. The van der Waals surface area contributed by atoms with E-state index in [9.17, 15) is 14.4 Å². The Labute approximate surface area is 191 Å². The van der Waals surface area contributed by atoms with Crippen molar-refractivity contribution < 1.29 is 19.1 Å². The van der Waals surface area contributed by atoms with Crippen LogP contribution in [0.15, 0.2) is 84.0 Å². The largest absolute Gasteiger partial charge is 0.484 e. The summed E-state index contributed by atoms with van der Waals surface area (Å²) in [5, 5.41) is 9.09. The molecule has 0 aliphatic rings. The number of hydrogen-bond acceptors (Lipinski definition) is 5. The van der Waals surface area contributed by atoms with Gasteiger partial charge in [0.1, 0.15) is 5.75 Å². The van der Waals surface area contributed by atoms with Crippen molar-refractivity contribution in [2.45, 2.75) is 13.5 Å². The highest BCUT2D eigenvalue weighted by atomic mass is 16.5. The third-order valence-corrected chi connectivity index (χ3v) is 4.42. The van der Waals surface area contributed by atoms with E-state index in [1.807, 2.05) is 43.3 Å². The first-order valence-corrected chi connectivity index (χ1v) is 10.2. The number of benzene rings is 3. The van der Waals surface area contributed by atoms with Crippen molar-refractivity contribution in [2.75, 3.05) is 11.9 Å². The van der Waals surface area contributed by atoms with Gasteiger partial charge in [0.25, 0.3) is 5.91 Å². The number of aryl methyl sites for hydroxylation is 1. The Morgan fingerprint density at radius 3 is 2.48 bits per heavy atom. The second-order valence-electron chi connectivity index (χ2n) is 7.15. The number of carbonyl (C=O) groups excluding carboxylic acids is 3. The molecule has 0 aromatic heterocycles. The number of hydrazone groups is 1. The molecule has 0 bridgehead atoms. The van der Waals surface area contributed by atoms with Gasteiger partial charge in [0.2, 0.25) is 0 Å². The van der Waals surface area contributed by atoms with Crippen LogP contribution in [0.5, 0.6) is 5.75 Å². The molecule has 0 saturated carbocycles. The van der Waals surface area contributed by atoms with Crippen molar-refractivity contribution in [3.63, 3.8) is 0 Å². The zero-order chi connectivity index (χ0) is 23.5. The van der Waals surface area contributed by atoms with Gasteiger partial charge in [0, 0.05) is 12.2 Å². The van der Waals surface area contributed by atoms with Gasteiger partial charge in [-0.1, -0.05) is 54.6 Å². The van der Waals surface area contributed by atoms with E-state index in [2.05, 4.69) is 21.2 Å². The Morgan fingerprint density at radius 1 is 0.909 bits per heavy atom. The van der Waals surface area contributed by atoms with E-state index in [0.717, 1.165) is 11.1 Å². The van der Waals surface area contributed by atoms with E-state index < -0.39 is 11.8 Å². The molecule has 0 fully saturated rings. The highest BCUT2D eigenvalue weighted by molar-refractivity contribution is 6.39. The molecule has 3 aromatic carbocycles. The van der Waals surface area contributed by atoms with Gasteiger partial charge in [0.05, 0.1) is 6.21 Å². The first kappa shape index (κ1) is 23.2. The Hall–Kier alpha value is -4.46. The fourth-order valence-corrected chi connectivity index (χ4v) is 2.81. The average Bonchev–Trinajstić information content (AvgIpc) is 2.82. The van der Waals surface area contributed by atoms with Crippen molar-refractivity contribution in [2.24, 2.45) is 5.10 Å². The fraction of sp³-hybridized carbons (Fsp3) is 0.120. The summed E-state index contributed by atoms with van der Waals surface area (Å²) in [4.78, 5) is 35.9. The molecular formula is C25H24N4O4. The maximum Gasteiger partial charge on any atom is 0.329 e. The quantitative estimate of drug-likeness (QED) is 0.282. The van der Waals surface area contributed by atoms with Crippen molar-refractivity contribution in [3.05, 3.63) is 95.6 Å². The SMILES string of the molecule is Cc1cccc(NC(=O)C(=O)N/N=C\c2cccc(OCC(=O)NCc3ccccc3)c2)c1. The molecule has 3 aromatic rings. The minimum absolute atomic E-state index is 0.136. The average molecular weight is 444 g/mol. The summed E-state index contributed by atoms with van der Waals surface area (Å²) in [6.07, 6.45) is 1.38. The number of rotatable bonds is 8. The minimum Gasteiger partial charge on any atom is -0.484 e. The first-order chi connectivity index (χ1) is 16.0. The molecule has 0 unspecified atom stereocenters. The maximum atomic E-state index is 12.0. The molecule has 8 heteroatoms. The zero-order valence-corrected chi connectivity index (χ0v) is 18.1. The van der Waals surface area contributed by atoms with E-state index >= 15 is 0 Å². The Kier molecular flexibility index (Phi) is 8.30. The fourth-order valence-electron chi connectivity index (χ4n) is 2.81. The lowest BCUT2D eigenvalue weighted by molar-refractivity contribution is -0.136. The number of ether oxygens (including phenoxy) is 1. The standard InChI is InChI=1S/C25H24N4O4/c1-18-7-5-11-21(13-18)28-24(31)25(32)29-27-16-20-10-6-12-22(14-20)33-17-23(30)26-15-19-8-3-2-4-9-19/h2-14,16H,15,17H2,1H3,(H,26,30)(H,28,31)(H,29,32)/b27-16-. The topological polar surface area (TPSA) is 109 Å². The lowest BCUT2D eigenvalue weighted by Crippen LogP contribution is -2.32. The lowest BCUT2D eigenvalue weighted by Gasteiger charge is -2.08. The molecule has 0 aliphatic heterocycles. The van der Waals surface area contributed by atoms with Crippen molar-refractivity contribution in [1.82, 2.24) is 10.7 Å². The molecule has 0 spiro atoms. The molecule has 0 radical (unpaired) electrons. The van der Waals surface area contributed by atoms with Gasteiger partial charge in [0.15, 0.2) is 6.61 Å². The van der Waals surface area contributed by atoms with Crippen molar-refractivity contribution in [1.29, 1.82) is 0 Å². The van der Waals surface area contributed by atoms with Crippen LogP contribution in [0.2, 0.25) is 0 Å². The van der Waals surface area contributed by atoms with Crippen LogP contribution in [-0.4, -0.2) is 30.5 Å². The predicted octanol–water partition coefficient (Wildman–Crippen LogP) is 2.78. The smallest absolute Gasteiger partial charge is 0.329 e. The lowest BCUT2D eigenvalue weighted by atomic mass is 10.2. The Bertz CT molecular complexity index is 1150. The van der Waals surface area contributed by atoms with Crippen molar-refractivity contribution >= 4 is 29.6 Å². The van der Waals surface area contributed by atoms with Crippen LogP contribution in [-0.2, 0) is 20.9 Å². The molecule has 33 heavy (non-hydrogen) atoms. The third kappa shape index (κ3) is 7.95. The highest BCUT2D eigenvalue weighted by Crippen LogP contribution is 2.12. The number of hydrogen-bond donors (Lipinski definition) is 3. The first-order valence-electron chi connectivity index (χ1n) is 10.2. The van der Waals surface area contributed by atoms with Gasteiger partial charge in [-0.2, -0.15) is 5.10 Å². The van der Waals surface area contributed by atoms with E-state index in [1.54, 1.807) is 42.5 Å². The molecular weight excluding hydrogens is 420 g/mol. The van der Waals surface area contributed by atoms with Gasteiger partial charge in [-0.05, 0) is 47.9 Å². The maximum absolute atomic E-state index is 12.0. The summed E-state index contributed by atoms with van der Waals surface area (Å²) >= 11 is 0.